The van der Waals surface area contributed by atoms with Crippen LogP contribution in [0.5, 0.6) is 5.75 Å². The molecule has 0 heterocycles. The molecule has 2 rings (SSSR count). The van der Waals surface area contributed by atoms with E-state index in [1.54, 1.807) is 6.07 Å². The second kappa shape index (κ2) is 6.73. The molecule has 0 aliphatic rings. The predicted octanol–water partition coefficient (Wildman–Crippen LogP) is 2.53. The van der Waals surface area contributed by atoms with Crippen molar-refractivity contribution < 1.29 is 14.6 Å². The fourth-order valence-electron chi connectivity index (χ4n) is 1.96. The molecule has 0 saturated heterocycles. The van der Waals surface area contributed by atoms with Crippen LogP contribution < -0.4 is 10.5 Å². The molecule has 20 heavy (non-hydrogen) atoms. The van der Waals surface area contributed by atoms with E-state index in [2.05, 4.69) is 0 Å². The van der Waals surface area contributed by atoms with E-state index in [4.69, 9.17) is 15.6 Å². The van der Waals surface area contributed by atoms with Gasteiger partial charge in [-0.2, -0.15) is 0 Å². The summed E-state index contributed by atoms with van der Waals surface area (Å²) in [5.41, 5.74) is 7.28. The first kappa shape index (κ1) is 14.1. The molecule has 0 radical (unpaired) electrons. The lowest BCUT2D eigenvalue weighted by Gasteiger charge is -2.17. The van der Waals surface area contributed by atoms with Gasteiger partial charge in [0, 0.05) is 12.0 Å². The first-order valence-corrected chi connectivity index (χ1v) is 6.46. The fraction of sp³-hybridized carbons (Fsp3) is 0.188. The van der Waals surface area contributed by atoms with Crippen molar-refractivity contribution >= 4 is 5.97 Å². The lowest BCUT2D eigenvalue weighted by molar-refractivity contribution is -0.145. The minimum Gasteiger partial charge on any atom is -0.479 e. The summed E-state index contributed by atoms with van der Waals surface area (Å²) in [4.78, 5) is 11.2. The van der Waals surface area contributed by atoms with E-state index in [1.165, 1.54) is 0 Å². The Morgan fingerprint density at radius 1 is 1.10 bits per heavy atom. The molecule has 4 heteroatoms. The second-order valence-electron chi connectivity index (χ2n) is 4.38. The average Bonchev–Trinajstić information content (AvgIpc) is 2.48. The van der Waals surface area contributed by atoms with Gasteiger partial charge in [0.1, 0.15) is 5.75 Å². The summed E-state index contributed by atoms with van der Waals surface area (Å²) in [5.74, 6) is -0.446. The topological polar surface area (TPSA) is 72.5 Å². The van der Waals surface area contributed by atoms with Crippen molar-refractivity contribution in [3.05, 3.63) is 54.6 Å². The van der Waals surface area contributed by atoms with Crippen molar-refractivity contribution in [3.63, 3.8) is 0 Å². The van der Waals surface area contributed by atoms with Crippen LogP contribution in [0.3, 0.4) is 0 Å². The molecule has 0 fully saturated rings. The fourth-order valence-corrected chi connectivity index (χ4v) is 1.96. The van der Waals surface area contributed by atoms with Gasteiger partial charge in [-0.25, -0.2) is 4.79 Å². The molecular formula is C16H17NO3. The number of carboxylic acids is 1. The number of hydrogen-bond acceptors (Lipinski definition) is 3. The van der Waals surface area contributed by atoms with Crippen molar-refractivity contribution in [2.45, 2.75) is 12.5 Å². The van der Waals surface area contributed by atoms with Crippen molar-refractivity contribution in [1.29, 1.82) is 0 Å². The Bertz CT molecular complexity index is 569. The van der Waals surface area contributed by atoms with Gasteiger partial charge in [0.15, 0.2) is 6.10 Å². The number of benzene rings is 2. The maximum absolute atomic E-state index is 11.2. The van der Waals surface area contributed by atoms with E-state index in [1.807, 2.05) is 48.5 Å². The van der Waals surface area contributed by atoms with Crippen LogP contribution in [0.15, 0.2) is 54.6 Å². The van der Waals surface area contributed by atoms with Crippen LogP contribution in [0, 0.1) is 0 Å². The normalized spacial score (nSPS) is 11.8. The van der Waals surface area contributed by atoms with Gasteiger partial charge in [0.25, 0.3) is 0 Å². The third-order valence-corrected chi connectivity index (χ3v) is 2.95. The van der Waals surface area contributed by atoms with E-state index in [0.717, 1.165) is 11.1 Å². The van der Waals surface area contributed by atoms with E-state index in [0.29, 0.717) is 5.75 Å². The lowest BCUT2D eigenvalue weighted by atomic mass is 10.0. The van der Waals surface area contributed by atoms with Crippen LogP contribution in [0.1, 0.15) is 6.42 Å². The molecule has 1 atom stereocenters. The molecule has 0 aliphatic heterocycles. The minimum absolute atomic E-state index is 0.268. The van der Waals surface area contributed by atoms with Gasteiger partial charge in [0.2, 0.25) is 0 Å². The van der Waals surface area contributed by atoms with Crippen molar-refractivity contribution in [2.24, 2.45) is 5.73 Å². The molecule has 104 valence electrons. The quantitative estimate of drug-likeness (QED) is 0.846. The zero-order chi connectivity index (χ0) is 14.4. The summed E-state index contributed by atoms with van der Waals surface area (Å²) < 4.78 is 5.62. The summed E-state index contributed by atoms with van der Waals surface area (Å²) in [6, 6.07) is 17.1. The van der Waals surface area contributed by atoms with E-state index in [-0.39, 0.29) is 13.0 Å². The molecule has 0 aliphatic carbocycles. The van der Waals surface area contributed by atoms with Gasteiger partial charge < -0.3 is 15.6 Å². The van der Waals surface area contributed by atoms with Crippen molar-refractivity contribution in [3.8, 4) is 16.9 Å². The van der Waals surface area contributed by atoms with Gasteiger partial charge in [-0.1, -0.05) is 48.5 Å². The average molecular weight is 271 g/mol. The smallest absolute Gasteiger partial charge is 0.344 e. The maximum atomic E-state index is 11.2. The molecule has 2 aromatic rings. The van der Waals surface area contributed by atoms with E-state index in [9.17, 15) is 4.79 Å². The zero-order valence-corrected chi connectivity index (χ0v) is 11.0. The Morgan fingerprint density at radius 2 is 1.75 bits per heavy atom. The predicted molar refractivity (Wildman–Crippen MR) is 77.6 cm³/mol. The number of nitrogens with two attached hydrogens (primary N) is 1. The molecule has 0 bridgehead atoms. The Kier molecular flexibility index (Phi) is 4.74. The molecule has 1 unspecified atom stereocenters. The molecular weight excluding hydrogens is 254 g/mol. The van der Waals surface area contributed by atoms with Gasteiger partial charge >= 0.3 is 5.97 Å². The zero-order valence-electron chi connectivity index (χ0n) is 11.0. The highest BCUT2D eigenvalue weighted by atomic mass is 16.5. The summed E-state index contributed by atoms with van der Waals surface area (Å²) in [5, 5.41) is 9.15. The van der Waals surface area contributed by atoms with E-state index >= 15 is 0 Å². The van der Waals surface area contributed by atoms with E-state index < -0.39 is 12.1 Å². The third kappa shape index (κ3) is 3.36. The summed E-state index contributed by atoms with van der Waals surface area (Å²) >= 11 is 0. The number of ether oxygens (including phenoxy) is 1. The molecule has 0 saturated carbocycles. The number of aliphatic carboxylic acids is 1. The van der Waals surface area contributed by atoms with Crippen LogP contribution in [0.2, 0.25) is 0 Å². The van der Waals surface area contributed by atoms with Gasteiger partial charge in [0.05, 0.1) is 0 Å². The molecule has 0 amide bonds. The van der Waals surface area contributed by atoms with Gasteiger partial charge in [-0.15, -0.1) is 0 Å². The maximum Gasteiger partial charge on any atom is 0.344 e. The highest BCUT2D eigenvalue weighted by Crippen LogP contribution is 2.30. The van der Waals surface area contributed by atoms with Gasteiger partial charge in [-0.3, -0.25) is 0 Å². The van der Waals surface area contributed by atoms with Gasteiger partial charge in [-0.05, 0) is 18.2 Å². The highest BCUT2D eigenvalue weighted by Gasteiger charge is 2.19. The van der Waals surface area contributed by atoms with Crippen LogP contribution in [0.25, 0.3) is 11.1 Å². The van der Waals surface area contributed by atoms with Crippen LogP contribution in [-0.4, -0.2) is 23.7 Å². The minimum atomic E-state index is -1.00. The Hall–Kier alpha value is -2.33. The Morgan fingerprint density at radius 3 is 2.40 bits per heavy atom. The van der Waals surface area contributed by atoms with Crippen LogP contribution >= 0.6 is 0 Å². The first-order valence-electron chi connectivity index (χ1n) is 6.46. The number of para-hydroxylation sites is 1. The molecule has 2 aromatic carbocycles. The first-order chi connectivity index (χ1) is 9.72. The van der Waals surface area contributed by atoms with Crippen LogP contribution in [0.4, 0.5) is 0 Å². The largest absolute Gasteiger partial charge is 0.479 e. The second-order valence-corrected chi connectivity index (χ2v) is 4.38. The summed E-state index contributed by atoms with van der Waals surface area (Å²) in [6.45, 7) is 0.268. The number of carboxylic acid groups (broad SMARTS) is 1. The molecule has 4 nitrogen and oxygen atoms in total. The molecule has 0 spiro atoms. The Labute approximate surface area is 117 Å². The third-order valence-electron chi connectivity index (χ3n) is 2.95. The number of carbonyl (C=O) groups is 1. The monoisotopic (exact) mass is 271 g/mol. The summed E-state index contributed by atoms with van der Waals surface area (Å²) in [7, 11) is 0. The highest BCUT2D eigenvalue weighted by molar-refractivity contribution is 5.75. The standard InChI is InChI=1S/C16H17NO3/c17-11-10-15(16(18)19)20-14-9-5-4-8-13(14)12-6-2-1-3-7-12/h1-9,15H,10-11,17H2,(H,18,19). The number of hydrogen-bond donors (Lipinski definition) is 2. The lowest BCUT2D eigenvalue weighted by Crippen LogP contribution is -2.29. The molecule has 3 N–H and O–H groups in total. The van der Waals surface area contributed by atoms with Crippen LogP contribution in [-0.2, 0) is 4.79 Å². The SMILES string of the molecule is NCCC(Oc1ccccc1-c1ccccc1)C(=O)O. The Balaban J connectivity index is 2.31. The molecule has 0 aromatic heterocycles. The van der Waals surface area contributed by atoms with Crippen molar-refractivity contribution in [2.75, 3.05) is 6.54 Å². The number of rotatable bonds is 6. The van der Waals surface area contributed by atoms with Crippen molar-refractivity contribution in [1.82, 2.24) is 0 Å². The summed E-state index contributed by atoms with van der Waals surface area (Å²) in [6.07, 6.45) is -0.650.